The minimum atomic E-state index is -0.291. The molecule has 4 rings (SSSR count). The van der Waals surface area contributed by atoms with Crippen LogP contribution < -0.4 is 11.1 Å². The summed E-state index contributed by atoms with van der Waals surface area (Å²) in [5, 5.41) is 2.86. The van der Waals surface area contributed by atoms with Gasteiger partial charge in [-0.3, -0.25) is 4.79 Å². The Morgan fingerprint density at radius 3 is 2.59 bits per heavy atom. The van der Waals surface area contributed by atoms with Crippen molar-refractivity contribution >= 4 is 33.9 Å². The van der Waals surface area contributed by atoms with E-state index in [0.717, 1.165) is 11.0 Å². The summed E-state index contributed by atoms with van der Waals surface area (Å²) in [5.41, 5.74) is 9.38. The van der Waals surface area contributed by atoms with E-state index in [0.29, 0.717) is 40.8 Å². The highest BCUT2D eigenvalue weighted by atomic mass is 16.3. The number of nitrogens with two attached hydrogens (primary N) is 1. The molecule has 0 fully saturated rings. The Labute approximate surface area is 156 Å². The summed E-state index contributed by atoms with van der Waals surface area (Å²) in [6, 6.07) is 11.2. The maximum absolute atomic E-state index is 12.9. The number of aromatic nitrogens is 3. The zero-order valence-electron chi connectivity index (χ0n) is 15.3. The predicted molar refractivity (Wildman–Crippen MR) is 104 cm³/mol. The molecule has 3 N–H and O–H groups in total. The fourth-order valence-corrected chi connectivity index (χ4v) is 3.16. The minimum absolute atomic E-state index is 0.281. The second-order valence-electron chi connectivity index (χ2n) is 6.91. The van der Waals surface area contributed by atoms with Crippen molar-refractivity contribution in [3.8, 4) is 0 Å². The molecule has 0 atom stereocenters. The molecule has 0 unspecified atom stereocenters. The van der Waals surface area contributed by atoms with Crippen LogP contribution in [0.1, 0.15) is 30.0 Å². The smallest absolute Gasteiger partial charge is 0.257 e. The number of hydrogen-bond acceptors (Lipinski definition) is 5. The van der Waals surface area contributed by atoms with Gasteiger partial charge in [0.05, 0.1) is 23.8 Å². The van der Waals surface area contributed by atoms with Gasteiger partial charge < -0.3 is 20.0 Å². The van der Waals surface area contributed by atoms with Crippen LogP contribution in [-0.4, -0.2) is 20.4 Å². The molecule has 7 nitrogen and oxygen atoms in total. The molecule has 4 aromatic rings. The van der Waals surface area contributed by atoms with Crippen molar-refractivity contribution < 1.29 is 9.21 Å². The number of amides is 1. The number of nitrogen functional groups attached to an aromatic ring is 1. The SMILES string of the molecule is CC(C)Cn1c(N)c(C(=O)NCc2ccco2)c2nc3ccccc3nc21. The van der Waals surface area contributed by atoms with Gasteiger partial charge in [-0.05, 0) is 30.2 Å². The largest absolute Gasteiger partial charge is 0.467 e. The van der Waals surface area contributed by atoms with E-state index in [1.807, 2.05) is 28.8 Å². The van der Waals surface area contributed by atoms with Crippen molar-refractivity contribution in [3.05, 3.63) is 54.0 Å². The molecule has 3 aromatic heterocycles. The summed E-state index contributed by atoms with van der Waals surface area (Å²) < 4.78 is 7.15. The fraction of sp³-hybridized carbons (Fsp3) is 0.250. The Balaban J connectivity index is 1.83. The summed E-state index contributed by atoms with van der Waals surface area (Å²) >= 11 is 0. The van der Waals surface area contributed by atoms with Gasteiger partial charge in [-0.25, -0.2) is 9.97 Å². The Morgan fingerprint density at radius 2 is 1.93 bits per heavy atom. The number of carbonyl (C=O) groups is 1. The van der Waals surface area contributed by atoms with Gasteiger partial charge in [0.2, 0.25) is 0 Å². The zero-order valence-corrected chi connectivity index (χ0v) is 15.3. The van der Waals surface area contributed by atoms with Crippen LogP contribution in [0.5, 0.6) is 0 Å². The maximum atomic E-state index is 12.9. The Hall–Kier alpha value is -3.35. The fourth-order valence-electron chi connectivity index (χ4n) is 3.16. The lowest BCUT2D eigenvalue weighted by atomic mass is 10.2. The van der Waals surface area contributed by atoms with Crippen molar-refractivity contribution in [2.45, 2.75) is 26.9 Å². The van der Waals surface area contributed by atoms with Gasteiger partial charge in [-0.2, -0.15) is 0 Å². The van der Waals surface area contributed by atoms with Crippen LogP contribution in [0.25, 0.3) is 22.2 Å². The first-order valence-electron chi connectivity index (χ1n) is 8.89. The molecule has 7 heteroatoms. The van der Waals surface area contributed by atoms with E-state index in [1.165, 1.54) is 0 Å². The quantitative estimate of drug-likeness (QED) is 0.566. The van der Waals surface area contributed by atoms with Crippen molar-refractivity contribution in [1.82, 2.24) is 19.9 Å². The standard InChI is InChI=1S/C20H21N5O2/c1-12(2)11-25-18(21)16(20(26)22-10-13-6-5-9-27-13)17-19(25)24-15-8-4-3-7-14(15)23-17/h3-9,12H,10-11,21H2,1-2H3,(H,22,26). The molecule has 0 aliphatic heterocycles. The number of rotatable bonds is 5. The number of fused-ring (bicyclic) bond motifs is 2. The highest BCUT2D eigenvalue weighted by Crippen LogP contribution is 2.28. The van der Waals surface area contributed by atoms with Crippen LogP contribution >= 0.6 is 0 Å². The lowest BCUT2D eigenvalue weighted by Crippen LogP contribution is -2.24. The highest BCUT2D eigenvalue weighted by molar-refractivity contribution is 6.10. The van der Waals surface area contributed by atoms with Gasteiger partial charge in [0, 0.05) is 6.54 Å². The van der Waals surface area contributed by atoms with Crippen molar-refractivity contribution in [2.75, 3.05) is 5.73 Å². The summed E-state index contributed by atoms with van der Waals surface area (Å²) in [4.78, 5) is 22.3. The molecule has 1 aromatic carbocycles. The van der Waals surface area contributed by atoms with Crippen molar-refractivity contribution in [2.24, 2.45) is 5.92 Å². The van der Waals surface area contributed by atoms with E-state index in [9.17, 15) is 4.79 Å². The molecule has 0 saturated heterocycles. The molecule has 0 aliphatic carbocycles. The molecule has 138 valence electrons. The number of hydrogen-bond donors (Lipinski definition) is 2. The number of anilines is 1. The van der Waals surface area contributed by atoms with Gasteiger partial charge in [0.15, 0.2) is 5.65 Å². The molecule has 1 amide bonds. The Morgan fingerprint density at radius 1 is 1.19 bits per heavy atom. The molecule has 27 heavy (non-hydrogen) atoms. The molecule has 0 bridgehead atoms. The minimum Gasteiger partial charge on any atom is -0.467 e. The van der Waals surface area contributed by atoms with Gasteiger partial charge in [-0.1, -0.05) is 26.0 Å². The van der Waals surface area contributed by atoms with Crippen molar-refractivity contribution in [1.29, 1.82) is 0 Å². The zero-order chi connectivity index (χ0) is 19.0. The number of benzene rings is 1. The highest BCUT2D eigenvalue weighted by Gasteiger charge is 2.24. The van der Waals surface area contributed by atoms with Crippen LogP contribution in [0.3, 0.4) is 0 Å². The lowest BCUT2D eigenvalue weighted by Gasteiger charge is -2.10. The van der Waals surface area contributed by atoms with E-state index in [-0.39, 0.29) is 12.5 Å². The topological polar surface area (TPSA) is 99.0 Å². The molecular weight excluding hydrogens is 342 g/mol. The third-order valence-corrected chi connectivity index (χ3v) is 4.37. The number of nitrogens with zero attached hydrogens (tertiary/aromatic N) is 3. The number of nitrogens with one attached hydrogen (secondary N) is 1. The van der Waals surface area contributed by atoms with E-state index < -0.39 is 0 Å². The molecule has 0 saturated carbocycles. The third kappa shape index (κ3) is 3.12. The molecule has 3 heterocycles. The summed E-state index contributed by atoms with van der Waals surface area (Å²) in [7, 11) is 0. The molecule has 0 radical (unpaired) electrons. The first-order chi connectivity index (χ1) is 13.0. The van der Waals surface area contributed by atoms with Crippen molar-refractivity contribution in [3.63, 3.8) is 0 Å². The molecular formula is C20H21N5O2. The van der Waals surface area contributed by atoms with Gasteiger partial charge >= 0.3 is 0 Å². The van der Waals surface area contributed by atoms with Crippen LogP contribution in [-0.2, 0) is 13.1 Å². The second kappa shape index (κ2) is 6.75. The maximum Gasteiger partial charge on any atom is 0.257 e. The van der Waals surface area contributed by atoms with Gasteiger partial charge in [0.25, 0.3) is 5.91 Å². The first kappa shape index (κ1) is 17.1. The van der Waals surface area contributed by atoms with Crippen LogP contribution in [0.4, 0.5) is 5.82 Å². The lowest BCUT2D eigenvalue weighted by molar-refractivity contribution is 0.0950. The predicted octanol–water partition coefficient (Wildman–Crippen LogP) is 3.35. The first-order valence-corrected chi connectivity index (χ1v) is 8.89. The summed E-state index contributed by atoms with van der Waals surface area (Å²) in [6.07, 6.45) is 1.57. The van der Waals surface area contributed by atoms with E-state index >= 15 is 0 Å². The average Bonchev–Trinajstić information content (AvgIpc) is 3.25. The summed E-state index contributed by atoms with van der Waals surface area (Å²) in [5.74, 6) is 1.10. The second-order valence-corrected chi connectivity index (χ2v) is 6.91. The molecule has 0 aliphatic rings. The van der Waals surface area contributed by atoms with Gasteiger partial charge in [-0.15, -0.1) is 0 Å². The van der Waals surface area contributed by atoms with Crippen LogP contribution in [0.15, 0.2) is 47.1 Å². The van der Waals surface area contributed by atoms with Crippen LogP contribution in [0, 0.1) is 5.92 Å². The van der Waals surface area contributed by atoms with Crippen LogP contribution in [0.2, 0.25) is 0 Å². The number of carbonyl (C=O) groups excluding carboxylic acids is 1. The van der Waals surface area contributed by atoms with E-state index in [2.05, 4.69) is 24.1 Å². The Bertz CT molecular complexity index is 1110. The monoisotopic (exact) mass is 363 g/mol. The normalized spacial score (nSPS) is 11.5. The average molecular weight is 363 g/mol. The van der Waals surface area contributed by atoms with E-state index in [1.54, 1.807) is 18.4 Å². The molecule has 0 spiro atoms. The van der Waals surface area contributed by atoms with E-state index in [4.69, 9.17) is 15.1 Å². The number of furan rings is 1. The van der Waals surface area contributed by atoms with Gasteiger partial charge in [0.1, 0.15) is 22.7 Å². The summed E-state index contributed by atoms with van der Waals surface area (Å²) in [6.45, 7) is 5.12. The third-order valence-electron chi connectivity index (χ3n) is 4.37. The number of para-hydroxylation sites is 2. The Kier molecular flexibility index (Phi) is 4.27.